The summed E-state index contributed by atoms with van der Waals surface area (Å²) in [6, 6.07) is 7.69. The van der Waals surface area contributed by atoms with E-state index in [9.17, 15) is 9.59 Å². The molecule has 2 aliphatic carbocycles. The van der Waals surface area contributed by atoms with Crippen LogP contribution in [0.1, 0.15) is 44.2 Å². The lowest BCUT2D eigenvalue weighted by Crippen LogP contribution is -2.36. The maximum absolute atomic E-state index is 11.9. The van der Waals surface area contributed by atoms with Crippen LogP contribution >= 0.6 is 0 Å². The fourth-order valence-electron chi connectivity index (χ4n) is 2.52. The summed E-state index contributed by atoms with van der Waals surface area (Å²) in [7, 11) is 0. The fraction of sp³-hybridized carbons (Fsp3) is 0.556. The Morgan fingerprint density at radius 1 is 1.12 bits per heavy atom. The van der Waals surface area contributed by atoms with Gasteiger partial charge in [0.1, 0.15) is 0 Å². The number of carbonyl (C=O) groups is 2. The molecule has 1 aromatic carbocycles. The molecule has 1 atom stereocenters. The topological polar surface area (TPSA) is 82.3 Å². The minimum Gasteiger partial charge on any atom is -0.348 e. The molecule has 4 N–H and O–H groups in total. The van der Waals surface area contributed by atoms with Gasteiger partial charge in [-0.25, -0.2) is 4.79 Å². The van der Waals surface area contributed by atoms with E-state index in [2.05, 4.69) is 21.3 Å². The van der Waals surface area contributed by atoms with Crippen molar-refractivity contribution in [2.75, 3.05) is 18.4 Å². The first kappa shape index (κ1) is 16.8. The SMILES string of the molecule is CC(NC(=O)CNCC1CC1)c1ccc(NC(=O)NC2CC2)cc1. The third-order valence-electron chi connectivity index (χ3n) is 4.37. The van der Waals surface area contributed by atoms with Crippen LogP contribution in [0.15, 0.2) is 24.3 Å². The number of nitrogens with one attached hydrogen (secondary N) is 4. The van der Waals surface area contributed by atoms with E-state index in [1.165, 1.54) is 12.8 Å². The van der Waals surface area contributed by atoms with Crippen LogP contribution in [0.3, 0.4) is 0 Å². The molecule has 0 heterocycles. The van der Waals surface area contributed by atoms with Crippen LogP contribution in [0.4, 0.5) is 10.5 Å². The van der Waals surface area contributed by atoms with Crippen molar-refractivity contribution < 1.29 is 9.59 Å². The summed E-state index contributed by atoms with van der Waals surface area (Å²) >= 11 is 0. The Morgan fingerprint density at radius 2 is 1.83 bits per heavy atom. The van der Waals surface area contributed by atoms with E-state index in [1.807, 2.05) is 31.2 Å². The molecule has 0 aromatic heterocycles. The van der Waals surface area contributed by atoms with E-state index in [1.54, 1.807) is 0 Å². The molecule has 6 nitrogen and oxygen atoms in total. The van der Waals surface area contributed by atoms with E-state index in [0.29, 0.717) is 12.6 Å². The number of rotatable bonds is 8. The van der Waals surface area contributed by atoms with Crippen molar-refractivity contribution in [2.24, 2.45) is 5.92 Å². The molecular formula is C18H26N4O2. The Bertz CT molecular complexity index is 579. The fourth-order valence-corrected chi connectivity index (χ4v) is 2.52. The van der Waals surface area contributed by atoms with Crippen molar-refractivity contribution in [3.63, 3.8) is 0 Å². The second-order valence-corrected chi connectivity index (χ2v) is 6.86. The Hall–Kier alpha value is -2.08. The van der Waals surface area contributed by atoms with Gasteiger partial charge < -0.3 is 21.3 Å². The van der Waals surface area contributed by atoms with Gasteiger partial charge in [-0.15, -0.1) is 0 Å². The predicted molar refractivity (Wildman–Crippen MR) is 93.8 cm³/mol. The minimum absolute atomic E-state index is 0.00848. The second kappa shape index (κ2) is 7.66. The van der Waals surface area contributed by atoms with Crippen molar-refractivity contribution in [1.29, 1.82) is 0 Å². The van der Waals surface area contributed by atoms with Crippen LogP contribution in [0.2, 0.25) is 0 Å². The molecule has 0 spiro atoms. The lowest BCUT2D eigenvalue weighted by Gasteiger charge is -2.15. The number of anilines is 1. The van der Waals surface area contributed by atoms with E-state index in [4.69, 9.17) is 0 Å². The van der Waals surface area contributed by atoms with Gasteiger partial charge in [0.15, 0.2) is 0 Å². The molecule has 3 rings (SSSR count). The number of urea groups is 1. The van der Waals surface area contributed by atoms with E-state index in [-0.39, 0.29) is 18.0 Å². The van der Waals surface area contributed by atoms with Gasteiger partial charge in [0.2, 0.25) is 5.91 Å². The molecule has 24 heavy (non-hydrogen) atoms. The van der Waals surface area contributed by atoms with Crippen LogP contribution in [0.5, 0.6) is 0 Å². The van der Waals surface area contributed by atoms with Crippen LogP contribution in [0, 0.1) is 5.92 Å². The monoisotopic (exact) mass is 330 g/mol. The van der Waals surface area contributed by atoms with Crippen LogP contribution in [0.25, 0.3) is 0 Å². The second-order valence-electron chi connectivity index (χ2n) is 6.86. The maximum atomic E-state index is 11.9. The summed E-state index contributed by atoms with van der Waals surface area (Å²) in [5.41, 5.74) is 1.76. The standard InChI is InChI=1S/C18H26N4O2/c1-12(20-17(23)11-19-10-13-2-3-13)14-4-6-15(7-5-14)21-18(24)22-16-8-9-16/h4-7,12-13,16,19H,2-3,8-11H2,1H3,(H,20,23)(H2,21,22,24). The Balaban J connectivity index is 1.41. The molecule has 3 amide bonds. The van der Waals surface area contributed by atoms with Gasteiger partial charge in [-0.05, 0) is 62.8 Å². The highest BCUT2D eigenvalue weighted by Crippen LogP contribution is 2.27. The molecule has 6 heteroatoms. The van der Waals surface area contributed by atoms with Gasteiger partial charge in [0.05, 0.1) is 12.6 Å². The average Bonchev–Trinajstić information content (AvgIpc) is 3.43. The van der Waals surface area contributed by atoms with Gasteiger partial charge in [-0.3, -0.25) is 4.79 Å². The third-order valence-corrected chi connectivity index (χ3v) is 4.37. The number of hydrogen-bond acceptors (Lipinski definition) is 3. The predicted octanol–water partition coefficient (Wildman–Crippen LogP) is 2.15. The Labute approximate surface area is 142 Å². The molecule has 2 aliphatic rings. The highest BCUT2D eigenvalue weighted by Gasteiger charge is 2.23. The molecule has 0 radical (unpaired) electrons. The summed E-state index contributed by atoms with van der Waals surface area (Å²) in [5.74, 6) is 0.779. The van der Waals surface area contributed by atoms with Crippen LogP contribution < -0.4 is 21.3 Å². The average molecular weight is 330 g/mol. The smallest absolute Gasteiger partial charge is 0.319 e. The van der Waals surface area contributed by atoms with Gasteiger partial charge in [0.25, 0.3) is 0 Å². The first-order valence-corrected chi connectivity index (χ1v) is 8.77. The van der Waals surface area contributed by atoms with Gasteiger partial charge >= 0.3 is 6.03 Å². The molecule has 1 unspecified atom stereocenters. The van der Waals surface area contributed by atoms with Crippen molar-refractivity contribution in [3.05, 3.63) is 29.8 Å². The number of benzene rings is 1. The molecule has 2 saturated carbocycles. The normalized spacial score (nSPS) is 17.9. The zero-order valence-corrected chi connectivity index (χ0v) is 14.1. The zero-order chi connectivity index (χ0) is 16.9. The summed E-state index contributed by atoms with van der Waals surface area (Å²) in [6.45, 7) is 3.26. The first-order chi connectivity index (χ1) is 11.6. The summed E-state index contributed by atoms with van der Waals surface area (Å²) in [6.07, 6.45) is 4.70. The zero-order valence-electron chi connectivity index (χ0n) is 14.1. The van der Waals surface area contributed by atoms with Crippen LogP contribution in [-0.2, 0) is 4.79 Å². The van der Waals surface area contributed by atoms with E-state index < -0.39 is 0 Å². The molecule has 0 aliphatic heterocycles. The molecule has 0 saturated heterocycles. The highest BCUT2D eigenvalue weighted by atomic mass is 16.2. The Kier molecular flexibility index (Phi) is 5.35. The first-order valence-electron chi connectivity index (χ1n) is 8.77. The summed E-state index contributed by atoms with van der Waals surface area (Å²) in [4.78, 5) is 23.6. The third kappa shape index (κ3) is 5.53. The highest BCUT2D eigenvalue weighted by molar-refractivity contribution is 5.89. The van der Waals surface area contributed by atoms with Crippen molar-refractivity contribution in [2.45, 2.75) is 44.7 Å². The maximum Gasteiger partial charge on any atom is 0.319 e. The van der Waals surface area contributed by atoms with Crippen molar-refractivity contribution >= 4 is 17.6 Å². The number of carbonyl (C=O) groups excluding carboxylic acids is 2. The molecule has 2 fully saturated rings. The quantitative estimate of drug-likeness (QED) is 0.589. The lowest BCUT2D eigenvalue weighted by atomic mass is 10.1. The number of amides is 3. The van der Waals surface area contributed by atoms with Crippen molar-refractivity contribution in [1.82, 2.24) is 16.0 Å². The molecular weight excluding hydrogens is 304 g/mol. The van der Waals surface area contributed by atoms with Crippen molar-refractivity contribution in [3.8, 4) is 0 Å². The van der Waals surface area contributed by atoms with Gasteiger partial charge in [0, 0.05) is 11.7 Å². The largest absolute Gasteiger partial charge is 0.348 e. The van der Waals surface area contributed by atoms with Crippen LogP contribution in [-0.4, -0.2) is 31.1 Å². The lowest BCUT2D eigenvalue weighted by molar-refractivity contribution is -0.120. The molecule has 130 valence electrons. The Morgan fingerprint density at radius 3 is 2.46 bits per heavy atom. The van der Waals surface area contributed by atoms with Gasteiger partial charge in [-0.2, -0.15) is 0 Å². The summed E-state index contributed by atoms with van der Waals surface area (Å²) < 4.78 is 0. The molecule has 0 bridgehead atoms. The van der Waals surface area contributed by atoms with Gasteiger partial charge in [-0.1, -0.05) is 12.1 Å². The van der Waals surface area contributed by atoms with E-state index >= 15 is 0 Å². The number of hydrogen-bond donors (Lipinski definition) is 4. The minimum atomic E-state index is -0.159. The summed E-state index contributed by atoms with van der Waals surface area (Å²) in [5, 5.41) is 11.9. The molecule has 1 aromatic rings. The van der Waals surface area contributed by atoms with E-state index in [0.717, 1.165) is 36.6 Å².